The first-order chi connectivity index (χ1) is 12.5. The van der Waals surface area contributed by atoms with Crippen LogP contribution in [0.15, 0.2) is 24.3 Å². The molecule has 1 spiro atoms. The molecule has 1 aromatic carbocycles. The van der Waals surface area contributed by atoms with Gasteiger partial charge in [-0.15, -0.1) is 0 Å². The topological polar surface area (TPSA) is 76.9 Å². The van der Waals surface area contributed by atoms with Gasteiger partial charge < -0.3 is 5.32 Å². The SMILES string of the molecule is Cn1nc(-c2ccc(Cl)cc2)nc1C1C(=O)NCC2(CCCCC2)C1=O. The summed E-state index contributed by atoms with van der Waals surface area (Å²) >= 11 is 5.93. The Bertz CT molecular complexity index is 853. The summed E-state index contributed by atoms with van der Waals surface area (Å²) in [5.74, 6) is -0.269. The third-order valence-corrected chi connectivity index (χ3v) is 5.87. The molecule has 2 heterocycles. The molecule has 2 aromatic rings. The van der Waals surface area contributed by atoms with Crippen molar-refractivity contribution in [2.75, 3.05) is 6.54 Å². The molecule has 2 fully saturated rings. The number of Topliss-reactive ketones (excluding diaryl/α,β-unsaturated/α-hetero) is 1. The van der Waals surface area contributed by atoms with Crippen molar-refractivity contribution in [3.05, 3.63) is 35.1 Å². The molecule has 136 valence electrons. The van der Waals surface area contributed by atoms with Gasteiger partial charge in [0.15, 0.2) is 17.5 Å². The van der Waals surface area contributed by atoms with Crippen LogP contribution in [0.3, 0.4) is 0 Å². The molecular weight excluding hydrogens is 352 g/mol. The Balaban J connectivity index is 1.70. The van der Waals surface area contributed by atoms with E-state index in [1.807, 2.05) is 12.1 Å². The van der Waals surface area contributed by atoms with Crippen LogP contribution in [0.2, 0.25) is 5.02 Å². The van der Waals surface area contributed by atoms with E-state index in [2.05, 4.69) is 15.4 Å². The van der Waals surface area contributed by atoms with Gasteiger partial charge in [0.25, 0.3) is 0 Å². The van der Waals surface area contributed by atoms with Crippen LogP contribution in [0.4, 0.5) is 0 Å². The highest BCUT2D eigenvalue weighted by Crippen LogP contribution is 2.42. The zero-order valence-electron chi connectivity index (χ0n) is 14.7. The second-order valence-corrected chi connectivity index (χ2v) is 7.72. The van der Waals surface area contributed by atoms with Gasteiger partial charge in [-0.2, -0.15) is 5.10 Å². The lowest BCUT2D eigenvalue weighted by Crippen LogP contribution is -2.55. The molecule has 2 aliphatic rings. The second kappa shape index (κ2) is 6.50. The van der Waals surface area contributed by atoms with E-state index in [4.69, 9.17) is 11.6 Å². The Labute approximate surface area is 156 Å². The summed E-state index contributed by atoms with van der Waals surface area (Å²) in [6, 6.07) is 7.19. The number of aryl methyl sites for hydroxylation is 1. The second-order valence-electron chi connectivity index (χ2n) is 7.28. The van der Waals surface area contributed by atoms with Crippen LogP contribution in [0, 0.1) is 5.41 Å². The first kappa shape index (κ1) is 17.2. The van der Waals surface area contributed by atoms with Crippen LogP contribution in [-0.2, 0) is 16.6 Å². The Morgan fingerprint density at radius 2 is 1.85 bits per heavy atom. The summed E-state index contributed by atoms with van der Waals surface area (Å²) in [4.78, 5) is 30.4. The minimum Gasteiger partial charge on any atom is -0.354 e. The molecule has 1 aliphatic heterocycles. The van der Waals surface area contributed by atoms with Gasteiger partial charge in [-0.1, -0.05) is 30.9 Å². The summed E-state index contributed by atoms with van der Waals surface area (Å²) in [5.41, 5.74) is 0.357. The van der Waals surface area contributed by atoms with Crippen molar-refractivity contribution < 1.29 is 9.59 Å². The van der Waals surface area contributed by atoms with E-state index < -0.39 is 11.3 Å². The predicted molar refractivity (Wildman–Crippen MR) is 97.7 cm³/mol. The molecule has 6 nitrogen and oxygen atoms in total. The van der Waals surface area contributed by atoms with Crippen LogP contribution in [0.5, 0.6) is 0 Å². The van der Waals surface area contributed by atoms with E-state index in [-0.39, 0.29) is 11.7 Å². The zero-order valence-corrected chi connectivity index (χ0v) is 15.4. The highest BCUT2D eigenvalue weighted by molar-refractivity contribution is 6.30. The summed E-state index contributed by atoms with van der Waals surface area (Å²) in [7, 11) is 1.73. The van der Waals surface area contributed by atoms with Crippen molar-refractivity contribution >= 4 is 23.3 Å². The third kappa shape index (κ3) is 2.82. The van der Waals surface area contributed by atoms with E-state index in [1.54, 1.807) is 23.9 Å². The quantitative estimate of drug-likeness (QED) is 0.822. The maximum Gasteiger partial charge on any atom is 0.238 e. The van der Waals surface area contributed by atoms with Crippen molar-refractivity contribution in [3.63, 3.8) is 0 Å². The Morgan fingerprint density at radius 1 is 1.15 bits per heavy atom. The number of ketones is 1. The molecule has 1 aliphatic carbocycles. The summed E-state index contributed by atoms with van der Waals surface area (Å²) in [6.07, 6.45) is 4.89. The number of nitrogens with one attached hydrogen (secondary N) is 1. The Hall–Kier alpha value is -2.21. The van der Waals surface area contributed by atoms with Crippen LogP contribution in [-0.4, -0.2) is 33.0 Å². The number of amides is 1. The number of halogens is 1. The van der Waals surface area contributed by atoms with Gasteiger partial charge in [-0.3, -0.25) is 14.3 Å². The number of piperidine rings is 1. The predicted octanol–water partition coefficient (Wildman–Crippen LogP) is 2.87. The fourth-order valence-corrected chi connectivity index (χ4v) is 4.25. The largest absolute Gasteiger partial charge is 0.354 e. The fourth-order valence-electron chi connectivity index (χ4n) is 4.13. The number of nitrogens with zero attached hydrogens (tertiary/aromatic N) is 3. The number of hydrogen-bond acceptors (Lipinski definition) is 4. The molecule has 7 heteroatoms. The van der Waals surface area contributed by atoms with Gasteiger partial charge >= 0.3 is 0 Å². The van der Waals surface area contributed by atoms with E-state index in [0.29, 0.717) is 23.2 Å². The van der Waals surface area contributed by atoms with Crippen LogP contribution >= 0.6 is 11.6 Å². The molecule has 1 N–H and O–H groups in total. The summed E-state index contributed by atoms with van der Waals surface area (Å²) in [6.45, 7) is 0.447. The van der Waals surface area contributed by atoms with Crippen molar-refractivity contribution in [2.45, 2.75) is 38.0 Å². The lowest BCUT2D eigenvalue weighted by molar-refractivity contribution is -0.143. The van der Waals surface area contributed by atoms with Crippen molar-refractivity contribution in [2.24, 2.45) is 12.5 Å². The van der Waals surface area contributed by atoms with Crippen molar-refractivity contribution in [1.82, 2.24) is 20.1 Å². The lowest BCUT2D eigenvalue weighted by atomic mass is 9.66. The monoisotopic (exact) mass is 372 g/mol. The minimum absolute atomic E-state index is 0.000828. The van der Waals surface area contributed by atoms with E-state index in [0.717, 1.165) is 37.7 Å². The highest BCUT2D eigenvalue weighted by Gasteiger charge is 2.50. The standard InChI is InChI=1S/C19H21ClN4O2/c1-24-17(22-16(23-24)12-5-7-13(20)8-6-12)14-15(25)19(11-21-18(14)26)9-3-2-4-10-19/h5-8,14H,2-4,9-11H2,1H3,(H,21,26). The van der Waals surface area contributed by atoms with Crippen molar-refractivity contribution in [3.8, 4) is 11.4 Å². The summed E-state index contributed by atoms with van der Waals surface area (Å²) < 4.78 is 1.55. The first-order valence-corrected chi connectivity index (χ1v) is 9.37. The van der Waals surface area contributed by atoms with Crippen LogP contribution in [0.25, 0.3) is 11.4 Å². The highest BCUT2D eigenvalue weighted by atomic mass is 35.5. The number of rotatable bonds is 2. The van der Waals surface area contributed by atoms with Gasteiger partial charge in [0.2, 0.25) is 5.91 Å². The van der Waals surface area contributed by atoms with Gasteiger partial charge in [-0.05, 0) is 37.1 Å². The summed E-state index contributed by atoms with van der Waals surface area (Å²) in [5, 5.41) is 8.00. The Morgan fingerprint density at radius 3 is 2.54 bits per heavy atom. The van der Waals surface area contributed by atoms with E-state index in [1.165, 1.54) is 0 Å². The molecule has 0 bridgehead atoms. The van der Waals surface area contributed by atoms with Crippen LogP contribution in [0.1, 0.15) is 43.8 Å². The zero-order chi connectivity index (χ0) is 18.3. The molecule has 1 atom stereocenters. The van der Waals surface area contributed by atoms with Crippen molar-refractivity contribution in [1.29, 1.82) is 0 Å². The van der Waals surface area contributed by atoms with Crippen LogP contribution < -0.4 is 5.32 Å². The lowest BCUT2D eigenvalue weighted by Gasteiger charge is -2.41. The molecule has 1 saturated heterocycles. The Kier molecular flexibility index (Phi) is 4.31. The molecule has 1 amide bonds. The average molecular weight is 373 g/mol. The number of hydrogen-bond donors (Lipinski definition) is 1. The number of carbonyl (C=O) groups is 2. The smallest absolute Gasteiger partial charge is 0.238 e. The minimum atomic E-state index is -0.889. The normalized spacial score (nSPS) is 22.5. The molecule has 4 rings (SSSR count). The maximum absolute atomic E-state index is 13.3. The van der Waals surface area contributed by atoms with Gasteiger partial charge in [0.1, 0.15) is 5.82 Å². The first-order valence-electron chi connectivity index (χ1n) is 8.99. The molecular formula is C19H21ClN4O2. The molecule has 0 radical (unpaired) electrons. The number of carbonyl (C=O) groups excluding carboxylic acids is 2. The fraction of sp³-hybridized carbons (Fsp3) is 0.474. The molecule has 26 heavy (non-hydrogen) atoms. The maximum atomic E-state index is 13.3. The third-order valence-electron chi connectivity index (χ3n) is 5.62. The van der Waals surface area contributed by atoms with E-state index >= 15 is 0 Å². The molecule has 1 saturated carbocycles. The molecule has 1 aromatic heterocycles. The number of aromatic nitrogens is 3. The average Bonchev–Trinajstić information content (AvgIpc) is 3.02. The van der Waals surface area contributed by atoms with Gasteiger partial charge in [-0.25, -0.2) is 4.98 Å². The van der Waals surface area contributed by atoms with E-state index in [9.17, 15) is 9.59 Å². The van der Waals surface area contributed by atoms with Gasteiger partial charge in [0, 0.05) is 29.6 Å². The van der Waals surface area contributed by atoms with Gasteiger partial charge in [0.05, 0.1) is 0 Å². The molecule has 1 unspecified atom stereocenters. The number of benzene rings is 1.